The number of aliphatic hydroxyl groups excluding tert-OH is 1. The Kier molecular flexibility index (Phi) is 5.56. The van der Waals surface area contributed by atoms with E-state index in [2.05, 4.69) is 26.1 Å². The van der Waals surface area contributed by atoms with Crippen LogP contribution >= 0.6 is 11.3 Å². The van der Waals surface area contributed by atoms with E-state index in [4.69, 9.17) is 0 Å². The average molecular weight is 267 g/mol. The van der Waals surface area contributed by atoms with E-state index in [1.165, 1.54) is 6.08 Å². The Morgan fingerprint density at radius 3 is 2.83 bits per heavy atom. The summed E-state index contributed by atoms with van der Waals surface area (Å²) in [5, 5.41) is 14.4. The number of thiophene rings is 1. The van der Waals surface area contributed by atoms with Crippen molar-refractivity contribution in [2.24, 2.45) is 5.41 Å². The first-order valence-corrected chi connectivity index (χ1v) is 6.92. The SMILES string of the molecule is CC(C)(C)CC(O)CNC(=O)/C=C/c1cccs1. The third kappa shape index (κ3) is 6.57. The summed E-state index contributed by atoms with van der Waals surface area (Å²) >= 11 is 1.58. The Labute approximate surface area is 113 Å². The standard InChI is InChI=1S/C14H21NO2S/c1-14(2,3)9-11(16)10-15-13(17)7-6-12-5-4-8-18-12/h4-8,11,16H,9-10H2,1-3H3,(H,15,17)/b7-6+. The zero-order valence-corrected chi connectivity index (χ0v) is 12.0. The molecule has 1 rings (SSSR count). The minimum atomic E-state index is -0.496. The van der Waals surface area contributed by atoms with Gasteiger partial charge >= 0.3 is 0 Å². The monoisotopic (exact) mass is 267 g/mol. The first-order valence-electron chi connectivity index (χ1n) is 6.04. The summed E-state index contributed by atoms with van der Waals surface area (Å²) < 4.78 is 0. The van der Waals surface area contributed by atoms with E-state index in [-0.39, 0.29) is 11.3 Å². The first kappa shape index (κ1) is 14.9. The molecular weight excluding hydrogens is 246 g/mol. The molecule has 1 aromatic heterocycles. The zero-order chi connectivity index (χ0) is 13.6. The number of hydrogen-bond donors (Lipinski definition) is 2. The molecule has 0 aliphatic carbocycles. The molecule has 1 atom stereocenters. The molecule has 0 aliphatic heterocycles. The molecule has 1 unspecified atom stereocenters. The third-order valence-electron chi connectivity index (χ3n) is 2.30. The summed E-state index contributed by atoms with van der Waals surface area (Å²) in [6, 6.07) is 3.89. The van der Waals surface area contributed by atoms with Crippen LogP contribution in [-0.2, 0) is 4.79 Å². The molecule has 1 amide bonds. The number of hydrogen-bond acceptors (Lipinski definition) is 3. The Morgan fingerprint density at radius 1 is 1.56 bits per heavy atom. The highest BCUT2D eigenvalue weighted by molar-refractivity contribution is 7.10. The molecule has 0 bridgehead atoms. The van der Waals surface area contributed by atoms with E-state index in [9.17, 15) is 9.90 Å². The van der Waals surface area contributed by atoms with Gasteiger partial charge in [0.2, 0.25) is 5.91 Å². The van der Waals surface area contributed by atoms with Gasteiger partial charge in [-0.2, -0.15) is 0 Å². The van der Waals surface area contributed by atoms with Gasteiger partial charge < -0.3 is 10.4 Å². The lowest BCUT2D eigenvalue weighted by atomic mass is 9.89. The summed E-state index contributed by atoms with van der Waals surface area (Å²) in [5.41, 5.74) is 0.0664. The van der Waals surface area contributed by atoms with Gasteiger partial charge in [-0.15, -0.1) is 11.3 Å². The topological polar surface area (TPSA) is 49.3 Å². The summed E-state index contributed by atoms with van der Waals surface area (Å²) in [6.07, 6.45) is 3.44. The van der Waals surface area contributed by atoms with Gasteiger partial charge in [0.15, 0.2) is 0 Å². The van der Waals surface area contributed by atoms with Gasteiger partial charge in [-0.3, -0.25) is 4.79 Å². The molecule has 0 saturated heterocycles. The number of carbonyl (C=O) groups excluding carboxylic acids is 1. The van der Waals surface area contributed by atoms with E-state index in [0.29, 0.717) is 13.0 Å². The number of nitrogens with one attached hydrogen (secondary N) is 1. The maximum Gasteiger partial charge on any atom is 0.244 e. The number of carbonyl (C=O) groups is 1. The van der Waals surface area contributed by atoms with Crippen LogP contribution in [0.25, 0.3) is 6.08 Å². The highest BCUT2D eigenvalue weighted by atomic mass is 32.1. The van der Waals surface area contributed by atoms with Gasteiger partial charge in [0.05, 0.1) is 6.10 Å². The molecule has 0 saturated carbocycles. The maximum atomic E-state index is 11.5. The summed E-state index contributed by atoms with van der Waals surface area (Å²) in [5.74, 6) is -0.170. The third-order valence-corrected chi connectivity index (χ3v) is 3.14. The van der Waals surface area contributed by atoms with Crippen molar-refractivity contribution in [1.29, 1.82) is 0 Å². The molecule has 2 N–H and O–H groups in total. The molecule has 3 nitrogen and oxygen atoms in total. The van der Waals surface area contributed by atoms with E-state index >= 15 is 0 Å². The second-order valence-corrected chi connectivity index (χ2v) is 6.49. The molecule has 4 heteroatoms. The van der Waals surface area contributed by atoms with Gasteiger partial charge in [0, 0.05) is 17.5 Å². The fourth-order valence-corrected chi connectivity index (χ4v) is 2.22. The lowest BCUT2D eigenvalue weighted by Gasteiger charge is -2.22. The van der Waals surface area contributed by atoms with Crippen molar-refractivity contribution in [2.45, 2.75) is 33.3 Å². The van der Waals surface area contributed by atoms with E-state index in [1.54, 1.807) is 17.4 Å². The fraction of sp³-hybridized carbons (Fsp3) is 0.500. The maximum absolute atomic E-state index is 11.5. The van der Waals surface area contributed by atoms with Gasteiger partial charge in [-0.1, -0.05) is 26.8 Å². The predicted molar refractivity (Wildman–Crippen MR) is 76.4 cm³/mol. The second-order valence-electron chi connectivity index (χ2n) is 5.51. The Bertz CT molecular complexity index is 390. The normalized spacial score (nSPS) is 13.8. The van der Waals surface area contributed by atoms with Crippen molar-refractivity contribution in [1.82, 2.24) is 5.32 Å². The van der Waals surface area contributed by atoms with Crippen LogP contribution in [0.15, 0.2) is 23.6 Å². The minimum Gasteiger partial charge on any atom is -0.391 e. The van der Waals surface area contributed by atoms with Crippen LogP contribution in [0.2, 0.25) is 0 Å². The molecule has 1 heterocycles. The van der Waals surface area contributed by atoms with Crippen LogP contribution in [0.3, 0.4) is 0 Å². The van der Waals surface area contributed by atoms with Gasteiger partial charge in [0.25, 0.3) is 0 Å². The van der Waals surface area contributed by atoms with E-state index < -0.39 is 6.10 Å². The van der Waals surface area contributed by atoms with Crippen LogP contribution < -0.4 is 5.32 Å². The van der Waals surface area contributed by atoms with Crippen molar-refractivity contribution in [3.05, 3.63) is 28.5 Å². The summed E-state index contributed by atoms with van der Waals surface area (Å²) in [7, 11) is 0. The van der Waals surface area contributed by atoms with Gasteiger partial charge in [-0.05, 0) is 29.4 Å². The summed E-state index contributed by atoms with van der Waals surface area (Å²) in [6.45, 7) is 6.49. The molecule has 0 radical (unpaired) electrons. The minimum absolute atomic E-state index is 0.0664. The lowest BCUT2D eigenvalue weighted by Crippen LogP contribution is -2.33. The molecule has 0 aliphatic rings. The molecule has 1 aromatic rings. The predicted octanol–water partition coefficient (Wildman–Crippen LogP) is 2.67. The van der Waals surface area contributed by atoms with Crippen LogP contribution in [-0.4, -0.2) is 23.7 Å². The Morgan fingerprint density at radius 2 is 2.28 bits per heavy atom. The fourth-order valence-electron chi connectivity index (χ4n) is 1.60. The van der Waals surface area contributed by atoms with Crippen molar-refractivity contribution in [2.75, 3.05) is 6.54 Å². The van der Waals surface area contributed by atoms with Gasteiger partial charge in [-0.25, -0.2) is 0 Å². The number of aliphatic hydroxyl groups is 1. The van der Waals surface area contributed by atoms with E-state index in [0.717, 1.165) is 4.88 Å². The number of amides is 1. The van der Waals surface area contributed by atoms with Crippen molar-refractivity contribution in [3.8, 4) is 0 Å². The molecule has 0 spiro atoms. The average Bonchev–Trinajstić information content (AvgIpc) is 2.74. The van der Waals surface area contributed by atoms with Crippen LogP contribution in [0.4, 0.5) is 0 Å². The van der Waals surface area contributed by atoms with Crippen molar-refractivity contribution < 1.29 is 9.90 Å². The molecule has 0 fully saturated rings. The van der Waals surface area contributed by atoms with E-state index in [1.807, 2.05) is 17.5 Å². The molecule has 18 heavy (non-hydrogen) atoms. The van der Waals surface area contributed by atoms with Gasteiger partial charge in [0.1, 0.15) is 0 Å². The van der Waals surface area contributed by atoms with Crippen LogP contribution in [0.5, 0.6) is 0 Å². The zero-order valence-electron chi connectivity index (χ0n) is 11.1. The Balaban J connectivity index is 2.29. The molecule has 0 aromatic carbocycles. The number of rotatable bonds is 5. The lowest BCUT2D eigenvalue weighted by molar-refractivity contribution is -0.117. The second kappa shape index (κ2) is 6.71. The smallest absolute Gasteiger partial charge is 0.244 e. The molecule has 100 valence electrons. The Hall–Kier alpha value is -1.13. The highest BCUT2D eigenvalue weighted by Gasteiger charge is 2.16. The largest absolute Gasteiger partial charge is 0.391 e. The highest BCUT2D eigenvalue weighted by Crippen LogP contribution is 2.20. The van der Waals surface area contributed by atoms with Crippen LogP contribution in [0, 0.1) is 5.41 Å². The summed E-state index contributed by atoms with van der Waals surface area (Å²) in [4.78, 5) is 12.5. The van der Waals surface area contributed by atoms with Crippen LogP contribution in [0.1, 0.15) is 32.1 Å². The first-order chi connectivity index (χ1) is 8.37. The quantitative estimate of drug-likeness (QED) is 0.806. The molecular formula is C14H21NO2S. The van der Waals surface area contributed by atoms with Crippen molar-refractivity contribution in [3.63, 3.8) is 0 Å². The van der Waals surface area contributed by atoms with Crippen molar-refractivity contribution >= 4 is 23.3 Å².